The predicted molar refractivity (Wildman–Crippen MR) is 138 cm³/mol. The normalized spacial score (nSPS) is 21.2. The van der Waals surface area contributed by atoms with Crippen molar-refractivity contribution in [1.29, 1.82) is 0 Å². The van der Waals surface area contributed by atoms with Crippen molar-refractivity contribution < 1.29 is 14.3 Å². The fourth-order valence-electron chi connectivity index (χ4n) is 4.89. The van der Waals surface area contributed by atoms with Gasteiger partial charge in [0.25, 0.3) is 0 Å². The van der Waals surface area contributed by atoms with Gasteiger partial charge in [-0.1, -0.05) is 36.4 Å². The lowest BCUT2D eigenvalue weighted by molar-refractivity contribution is -0.122. The minimum absolute atomic E-state index is 0.0455. The van der Waals surface area contributed by atoms with Crippen LogP contribution >= 0.6 is 11.8 Å². The third-order valence-corrected chi connectivity index (χ3v) is 7.39. The zero-order valence-electron chi connectivity index (χ0n) is 19.5. The van der Waals surface area contributed by atoms with Crippen LogP contribution in [0.4, 0.5) is 11.4 Å². The summed E-state index contributed by atoms with van der Waals surface area (Å²) in [4.78, 5) is 14.9. The maximum atomic E-state index is 13.7. The predicted octanol–water partition coefficient (Wildman–Crippen LogP) is 6.26. The largest absolute Gasteiger partial charge is 0.493 e. The van der Waals surface area contributed by atoms with Crippen molar-refractivity contribution in [3.05, 3.63) is 89.6 Å². The molecule has 3 aromatic rings. The van der Waals surface area contributed by atoms with E-state index >= 15 is 0 Å². The van der Waals surface area contributed by atoms with E-state index in [4.69, 9.17) is 9.47 Å². The molecule has 5 nitrogen and oxygen atoms in total. The second-order valence-electron chi connectivity index (χ2n) is 8.56. The molecule has 3 atom stereocenters. The Morgan fingerprint density at radius 2 is 1.59 bits per heavy atom. The van der Waals surface area contributed by atoms with Gasteiger partial charge in [-0.15, -0.1) is 11.8 Å². The fourth-order valence-corrected chi connectivity index (χ4v) is 5.30. The number of methoxy groups -OCH3 is 2. The lowest BCUT2D eigenvalue weighted by Gasteiger charge is -2.32. The molecule has 0 spiro atoms. The molecule has 0 bridgehead atoms. The third kappa shape index (κ3) is 4.14. The van der Waals surface area contributed by atoms with Crippen LogP contribution in [0.3, 0.4) is 0 Å². The smallest absolute Gasteiger partial charge is 0.161 e. The molecule has 0 radical (unpaired) electrons. The molecule has 34 heavy (non-hydrogen) atoms. The number of anilines is 2. The molecule has 1 heterocycles. The van der Waals surface area contributed by atoms with Gasteiger partial charge in [-0.2, -0.15) is 0 Å². The summed E-state index contributed by atoms with van der Waals surface area (Å²) in [5.41, 5.74) is 5.04. The van der Waals surface area contributed by atoms with Crippen molar-refractivity contribution in [2.75, 3.05) is 31.1 Å². The molecular weight excluding hydrogens is 444 g/mol. The molecule has 2 aliphatic rings. The van der Waals surface area contributed by atoms with Gasteiger partial charge < -0.3 is 20.1 Å². The van der Waals surface area contributed by atoms with E-state index in [0.29, 0.717) is 17.9 Å². The van der Waals surface area contributed by atoms with Gasteiger partial charge >= 0.3 is 0 Å². The van der Waals surface area contributed by atoms with Crippen LogP contribution in [0.15, 0.2) is 83.4 Å². The highest BCUT2D eigenvalue weighted by atomic mass is 32.2. The van der Waals surface area contributed by atoms with Crippen molar-refractivity contribution in [2.24, 2.45) is 5.92 Å². The Bertz CT molecular complexity index is 1240. The van der Waals surface area contributed by atoms with Crippen molar-refractivity contribution in [2.45, 2.75) is 23.3 Å². The van der Waals surface area contributed by atoms with Crippen molar-refractivity contribution in [3.8, 4) is 11.5 Å². The van der Waals surface area contributed by atoms with Gasteiger partial charge in [-0.05, 0) is 53.8 Å². The number of nitrogens with one attached hydrogen (secondary N) is 2. The van der Waals surface area contributed by atoms with Crippen LogP contribution in [0.25, 0.3) is 0 Å². The number of allylic oxidation sites excluding steroid dienone is 1. The molecule has 0 fully saturated rings. The summed E-state index contributed by atoms with van der Waals surface area (Å²) in [6.45, 7) is 0. The molecule has 0 aromatic heterocycles. The topological polar surface area (TPSA) is 59.6 Å². The Balaban J connectivity index is 1.58. The lowest BCUT2D eigenvalue weighted by Crippen LogP contribution is -2.33. The van der Waals surface area contributed by atoms with E-state index in [1.165, 1.54) is 4.90 Å². The van der Waals surface area contributed by atoms with Gasteiger partial charge in [-0.3, -0.25) is 4.79 Å². The number of fused-ring (bicyclic) bond motifs is 2. The van der Waals surface area contributed by atoms with Crippen LogP contribution in [0.5, 0.6) is 11.5 Å². The first-order chi connectivity index (χ1) is 16.6. The highest BCUT2D eigenvalue weighted by molar-refractivity contribution is 7.98. The lowest BCUT2D eigenvalue weighted by atomic mass is 9.76. The van der Waals surface area contributed by atoms with E-state index in [1.54, 1.807) is 26.0 Å². The molecule has 1 aliphatic heterocycles. The van der Waals surface area contributed by atoms with E-state index in [1.807, 2.05) is 36.4 Å². The molecule has 3 unspecified atom stereocenters. The van der Waals surface area contributed by atoms with Crippen LogP contribution < -0.4 is 20.1 Å². The molecule has 1 aliphatic carbocycles. The molecule has 3 aromatic carbocycles. The third-order valence-electron chi connectivity index (χ3n) is 6.64. The zero-order valence-corrected chi connectivity index (χ0v) is 20.3. The number of carbonyl (C=O) groups is 1. The number of ketones is 1. The Morgan fingerprint density at radius 3 is 2.29 bits per heavy atom. The second-order valence-corrected chi connectivity index (χ2v) is 9.44. The number of ether oxygens (including phenoxy) is 2. The standard InChI is InChI=1S/C28H28N2O3S/c1-32-25-13-10-18(16-26(25)33-2)19-14-23-27(24(31)15-19)28(17-8-11-20(34-3)12-9-17)30-22-7-5-4-6-21(22)29-23/h4-14,16,19,27-30H,15H2,1-3H3. The van der Waals surface area contributed by atoms with Crippen LogP contribution in [-0.4, -0.2) is 26.3 Å². The zero-order chi connectivity index (χ0) is 23.7. The number of rotatable bonds is 5. The van der Waals surface area contributed by atoms with Gasteiger partial charge in [0.2, 0.25) is 0 Å². The number of thioether (sulfide) groups is 1. The average molecular weight is 473 g/mol. The highest BCUT2D eigenvalue weighted by Gasteiger charge is 2.39. The summed E-state index contributed by atoms with van der Waals surface area (Å²) in [5, 5.41) is 7.25. The maximum Gasteiger partial charge on any atom is 0.161 e. The maximum absolute atomic E-state index is 13.7. The minimum atomic E-state index is -0.302. The highest BCUT2D eigenvalue weighted by Crippen LogP contribution is 2.45. The van der Waals surface area contributed by atoms with Crippen LogP contribution in [-0.2, 0) is 4.79 Å². The Morgan fingerprint density at radius 1 is 0.882 bits per heavy atom. The van der Waals surface area contributed by atoms with Gasteiger partial charge in [0.15, 0.2) is 11.5 Å². The van der Waals surface area contributed by atoms with Crippen molar-refractivity contribution in [1.82, 2.24) is 0 Å². The fraction of sp³-hybridized carbons (Fsp3) is 0.250. The number of para-hydroxylation sites is 2. The second kappa shape index (κ2) is 9.47. The number of Topliss-reactive ketones (excluding diaryl/α,β-unsaturated/α-hetero) is 1. The first kappa shape index (κ1) is 22.4. The monoisotopic (exact) mass is 472 g/mol. The average Bonchev–Trinajstić information content (AvgIpc) is 3.05. The first-order valence-electron chi connectivity index (χ1n) is 11.3. The van der Waals surface area contributed by atoms with Gasteiger partial charge in [0.1, 0.15) is 5.78 Å². The van der Waals surface area contributed by atoms with Crippen LogP contribution in [0.1, 0.15) is 29.5 Å². The molecular formula is C28H28N2O3S. The summed E-state index contributed by atoms with van der Waals surface area (Å²) in [6.07, 6.45) is 4.71. The summed E-state index contributed by atoms with van der Waals surface area (Å²) in [6, 6.07) is 22.3. The molecule has 6 heteroatoms. The van der Waals surface area contributed by atoms with E-state index < -0.39 is 0 Å². The number of hydrogen-bond donors (Lipinski definition) is 2. The molecule has 0 amide bonds. The molecule has 2 N–H and O–H groups in total. The molecule has 0 saturated heterocycles. The summed E-state index contributed by atoms with van der Waals surface area (Å²) in [7, 11) is 3.25. The summed E-state index contributed by atoms with van der Waals surface area (Å²) in [5.74, 6) is 1.21. The quantitative estimate of drug-likeness (QED) is 0.427. The Labute approximate surface area is 204 Å². The Hall–Kier alpha value is -3.38. The minimum Gasteiger partial charge on any atom is -0.493 e. The van der Waals surface area contributed by atoms with Crippen LogP contribution in [0.2, 0.25) is 0 Å². The van der Waals surface area contributed by atoms with Crippen molar-refractivity contribution >= 4 is 28.9 Å². The van der Waals surface area contributed by atoms with Gasteiger partial charge in [-0.25, -0.2) is 0 Å². The summed E-state index contributed by atoms with van der Waals surface area (Å²) >= 11 is 1.71. The van der Waals surface area contributed by atoms with E-state index in [9.17, 15) is 4.79 Å². The number of carbonyl (C=O) groups excluding carboxylic acids is 1. The van der Waals surface area contributed by atoms with Gasteiger partial charge in [0, 0.05) is 22.9 Å². The number of hydrogen-bond acceptors (Lipinski definition) is 6. The SMILES string of the molecule is COc1ccc(C2C=C3Nc4ccccc4NC(c4ccc(SC)cc4)C3C(=O)C2)cc1OC. The summed E-state index contributed by atoms with van der Waals surface area (Å²) < 4.78 is 10.9. The van der Waals surface area contributed by atoms with Crippen LogP contribution in [0, 0.1) is 5.92 Å². The first-order valence-corrected chi connectivity index (χ1v) is 12.6. The van der Waals surface area contributed by atoms with E-state index in [-0.39, 0.29) is 23.7 Å². The molecule has 0 saturated carbocycles. The van der Waals surface area contributed by atoms with E-state index in [0.717, 1.165) is 28.2 Å². The Kier molecular flexibility index (Phi) is 6.24. The van der Waals surface area contributed by atoms with E-state index in [2.05, 4.69) is 53.3 Å². The molecule has 5 rings (SSSR count). The van der Waals surface area contributed by atoms with Gasteiger partial charge in [0.05, 0.1) is 37.6 Å². The molecule has 174 valence electrons. The van der Waals surface area contributed by atoms with Crippen molar-refractivity contribution in [3.63, 3.8) is 0 Å². The number of benzene rings is 3.